The lowest BCUT2D eigenvalue weighted by Crippen LogP contribution is -2.39. The van der Waals surface area contributed by atoms with Crippen molar-refractivity contribution in [1.29, 1.82) is 0 Å². The van der Waals surface area contributed by atoms with Gasteiger partial charge in [0.25, 0.3) is 0 Å². The van der Waals surface area contributed by atoms with Crippen LogP contribution in [0.2, 0.25) is 0 Å². The van der Waals surface area contributed by atoms with Crippen LogP contribution < -0.4 is 14.8 Å². The molecule has 0 saturated carbocycles. The van der Waals surface area contributed by atoms with Gasteiger partial charge in [-0.1, -0.05) is 26.8 Å². The van der Waals surface area contributed by atoms with Crippen LogP contribution in [-0.4, -0.2) is 18.2 Å². The summed E-state index contributed by atoms with van der Waals surface area (Å²) in [6.07, 6.45) is 3.32. The molecule has 21 heavy (non-hydrogen) atoms. The number of ether oxygens (including phenoxy) is 2. The van der Waals surface area contributed by atoms with Crippen LogP contribution in [0.4, 0.5) is 0 Å². The largest absolute Gasteiger partial charge is 0.490 e. The van der Waals surface area contributed by atoms with Crippen molar-refractivity contribution in [3.63, 3.8) is 0 Å². The van der Waals surface area contributed by atoms with Crippen molar-refractivity contribution in [1.82, 2.24) is 5.32 Å². The second-order valence-electron chi connectivity index (χ2n) is 6.43. The lowest BCUT2D eigenvalue weighted by atomic mass is 9.89. The highest BCUT2D eigenvalue weighted by molar-refractivity contribution is 5.44. The number of benzene rings is 1. The van der Waals surface area contributed by atoms with E-state index in [1.165, 1.54) is 5.56 Å². The van der Waals surface area contributed by atoms with E-state index in [0.717, 1.165) is 37.3 Å². The predicted molar refractivity (Wildman–Crippen MR) is 87.2 cm³/mol. The van der Waals surface area contributed by atoms with Gasteiger partial charge < -0.3 is 14.8 Å². The number of hydrogen-bond donors (Lipinski definition) is 1. The molecule has 0 radical (unpaired) electrons. The summed E-state index contributed by atoms with van der Waals surface area (Å²) in [5, 5.41) is 3.56. The van der Waals surface area contributed by atoms with Gasteiger partial charge in [0.2, 0.25) is 0 Å². The maximum Gasteiger partial charge on any atom is 0.128 e. The van der Waals surface area contributed by atoms with Crippen LogP contribution >= 0.6 is 0 Å². The monoisotopic (exact) mass is 291 g/mol. The van der Waals surface area contributed by atoms with Crippen LogP contribution in [0, 0.1) is 0 Å². The SMILES string of the molecule is CCNC1CC(C)(C)Oc2cc(OC(CC)CC)ccc21. The minimum absolute atomic E-state index is 0.145. The Morgan fingerprint density at radius 3 is 2.62 bits per heavy atom. The highest BCUT2D eigenvalue weighted by atomic mass is 16.5. The van der Waals surface area contributed by atoms with Gasteiger partial charge in [-0.05, 0) is 39.3 Å². The molecule has 1 N–H and O–H groups in total. The molecule has 1 aromatic rings. The zero-order valence-electron chi connectivity index (χ0n) is 14.0. The Morgan fingerprint density at radius 2 is 2.00 bits per heavy atom. The van der Waals surface area contributed by atoms with Gasteiger partial charge in [-0.15, -0.1) is 0 Å². The summed E-state index contributed by atoms with van der Waals surface area (Å²) in [7, 11) is 0. The molecular formula is C18H29NO2. The maximum atomic E-state index is 6.17. The Kier molecular flexibility index (Phi) is 5.15. The van der Waals surface area contributed by atoms with Crippen LogP contribution in [0.15, 0.2) is 18.2 Å². The Balaban J connectivity index is 2.25. The van der Waals surface area contributed by atoms with E-state index in [1.807, 2.05) is 0 Å². The molecule has 3 nitrogen and oxygen atoms in total. The fourth-order valence-electron chi connectivity index (χ4n) is 2.98. The molecule has 0 saturated heterocycles. The molecule has 1 atom stereocenters. The molecule has 0 fully saturated rings. The summed E-state index contributed by atoms with van der Waals surface area (Å²) in [6.45, 7) is 11.7. The van der Waals surface area contributed by atoms with Gasteiger partial charge in [-0.25, -0.2) is 0 Å². The molecule has 0 aliphatic carbocycles. The molecule has 0 amide bonds. The third-order valence-corrected chi connectivity index (χ3v) is 4.11. The van der Waals surface area contributed by atoms with Crippen LogP contribution in [0.1, 0.15) is 65.5 Å². The minimum Gasteiger partial charge on any atom is -0.490 e. The van der Waals surface area contributed by atoms with Gasteiger partial charge >= 0.3 is 0 Å². The lowest BCUT2D eigenvalue weighted by Gasteiger charge is -2.38. The molecule has 2 rings (SSSR count). The fraction of sp³-hybridized carbons (Fsp3) is 0.667. The van der Waals surface area contributed by atoms with E-state index in [0.29, 0.717) is 6.04 Å². The second-order valence-corrected chi connectivity index (χ2v) is 6.43. The molecule has 0 aromatic heterocycles. The van der Waals surface area contributed by atoms with Crippen LogP contribution in [0.25, 0.3) is 0 Å². The van der Waals surface area contributed by atoms with Gasteiger partial charge in [0.1, 0.15) is 17.1 Å². The molecule has 1 aliphatic rings. The molecule has 1 heterocycles. The Labute approximate surface area is 129 Å². The Morgan fingerprint density at radius 1 is 1.29 bits per heavy atom. The minimum atomic E-state index is -0.145. The first-order chi connectivity index (χ1) is 9.99. The molecule has 0 bridgehead atoms. The predicted octanol–water partition coefficient (Wildman–Crippen LogP) is 4.47. The van der Waals surface area contributed by atoms with Crippen LogP contribution in [0.5, 0.6) is 11.5 Å². The summed E-state index contributed by atoms with van der Waals surface area (Å²) >= 11 is 0. The second kappa shape index (κ2) is 6.69. The number of hydrogen-bond acceptors (Lipinski definition) is 3. The molecule has 0 spiro atoms. The molecule has 1 unspecified atom stereocenters. The maximum absolute atomic E-state index is 6.17. The van der Waals surface area contributed by atoms with Crippen LogP contribution in [0.3, 0.4) is 0 Å². The first-order valence-corrected chi connectivity index (χ1v) is 8.22. The van der Waals surface area contributed by atoms with Crippen molar-refractivity contribution >= 4 is 0 Å². The first-order valence-electron chi connectivity index (χ1n) is 8.22. The van der Waals surface area contributed by atoms with E-state index in [2.05, 4.69) is 58.1 Å². The van der Waals surface area contributed by atoms with Crippen molar-refractivity contribution in [2.75, 3.05) is 6.54 Å². The summed E-state index contributed by atoms with van der Waals surface area (Å²) in [6, 6.07) is 6.63. The smallest absolute Gasteiger partial charge is 0.128 e. The van der Waals surface area contributed by atoms with Crippen molar-refractivity contribution in [3.05, 3.63) is 23.8 Å². The van der Waals surface area contributed by atoms with E-state index in [-0.39, 0.29) is 11.7 Å². The van der Waals surface area contributed by atoms with Gasteiger partial charge in [-0.3, -0.25) is 0 Å². The van der Waals surface area contributed by atoms with Gasteiger partial charge in [-0.2, -0.15) is 0 Å². The molecular weight excluding hydrogens is 262 g/mol. The summed E-state index contributed by atoms with van der Waals surface area (Å²) in [4.78, 5) is 0. The standard InChI is InChI=1S/C18H29NO2/c1-6-13(7-2)20-14-9-10-15-16(19-8-3)12-18(4,5)21-17(15)11-14/h9-11,13,16,19H,6-8,12H2,1-5H3. The molecule has 1 aliphatic heterocycles. The molecule has 118 valence electrons. The zero-order chi connectivity index (χ0) is 15.5. The van der Waals surface area contributed by atoms with Crippen LogP contribution in [-0.2, 0) is 0 Å². The number of nitrogens with one attached hydrogen (secondary N) is 1. The zero-order valence-corrected chi connectivity index (χ0v) is 14.0. The van der Waals surface area contributed by atoms with Crippen molar-refractivity contribution < 1.29 is 9.47 Å². The normalized spacial score (nSPS) is 20.0. The third-order valence-electron chi connectivity index (χ3n) is 4.11. The summed E-state index contributed by atoms with van der Waals surface area (Å²) in [5.74, 6) is 1.87. The number of rotatable bonds is 6. The van der Waals surface area contributed by atoms with Crippen molar-refractivity contribution in [2.24, 2.45) is 0 Å². The topological polar surface area (TPSA) is 30.5 Å². The third kappa shape index (κ3) is 3.91. The van der Waals surface area contributed by atoms with E-state index in [4.69, 9.17) is 9.47 Å². The quantitative estimate of drug-likeness (QED) is 0.839. The van der Waals surface area contributed by atoms with Gasteiger partial charge in [0.15, 0.2) is 0 Å². The highest BCUT2D eigenvalue weighted by Crippen LogP contribution is 2.41. The van der Waals surface area contributed by atoms with E-state index in [9.17, 15) is 0 Å². The summed E-state index contributed by atoms with van der Waals surface area (Å²) < 4.78 is 12.2. The van der Waals surface area contributed by atoms with E-state index < -0.39 is 0 Å². The lowest BCUT2D eigenvalue weighted by molar-refractivity contribution is 0.0657. The summed E-state index contributed by atoms with van der Waals surface area (Å²) in [5.41, 5.74) is 1.10. The van der Waals surface area contributed by atoms with E-state index in [1.54, 1.807) is 0 Å². The van der Waals surface area contributed by atoms with Crippen molar-refractivity contribution in [3.8, 4) is 11.5 Å². The Hall–Kier alpha value is -1.22. The van der Waals surface area contributed by atoms with Crippen molar-refractivity contribution in [2.45, 2.75) is 71.6 Å². The highest BCUT2D eigenvalue weighted by Gasteiger charge is 2.33. The first kappa shape index (κ1) is 16.2. The molecule has 1 aromatic carbocycles. The van der Waals surface area contributed by atoms with Gasteiger partial charge in [0, 0.05) is 24.1 Å². The number of fused-ring (bicyclic) bond motifs is 1. The fourth-order valence-corrected chi connectivity index (χ4v) is 2.98. The molecule has 3 heteroatoms. The van der Waals surface area contributed by atoms with E-state index >= 15 is 0 Å². The average Bonchev–Trinajstić information content (AvgIpc) is 2.43. The van der Waals surface area contributed by atoms with Gasteiger partial charge in [0.05, 0.1) is 6.10 Å². The Bertz CT molecular complexity index is 466. The average molecular weight is 291 g/mol.